The van der Waals surface area contributed by atoms with E-state index in [1.165, 1.54) is 19.3 Å². The fourth-order valence-corrected chi connectivity index (χ4v) is 3.04. The first-order valence-corrected chi connectivity index (χ1v) is 7.76. The van der Waals surface area contributed by atoms with Crippen molar-refractivity contribution in [3.05, 3.63) is 33.8 Å². The van der Waals surface area contributed by atoms with Gasteiger partial charge in [-0.05, 0) is 48.9 Å². The molecule has 0 spiro atoms. The fourth-order valence-electron chi connectivity index (χ4n) is 2.79. The molecule has 1 amide bonds. The van der Waals surface area contributed by atoms with Crippen LogP contribution in [0.1, 0.15) is 55.5 Å². The molecular weight excluding hydrogens is 302 g/mol. The second kappa shape index (κ2) is 5.66. The van der Waals surface area contributed by atoms with Crippen LogP contribution >= 0.6 is 15.9 Å². The van der Waals surface area contributed by atoms with Gasteiger partial charge in [0, 0.05) is 16.1 Å². The van der Waals surface area contributed by atoms with E-state index in [2.05, 4.69) is 35.1 Å². The minimum absolute atomic E-state index is 0.0515. The lowest BCUT2D eigenvalue weighted by Gasteiger charge is -2.39. The highest BCUT2D eigenvalue weighted by Gasteiger charge is 2.33. The van der Waals surface area contributed by atoms with Gasteiger partial charge in [0.2, 0.25) is 0 Å². The molecule has 0 bridgehead atoms. The molecule has 0 heterocycles. The van der Waals surface area contributed by atoms with Crippen LogP contribution in [0.15, 0.2) is 22.7 Å². The number of amides is 1. The SMILES string of the molecule is Cc1cc(C(=O)NC2CCCCC2(C)C)ccc1Br. The molecule has 1 atom stereocenters. The quantitative estimate of drug-likeness (QED) is 0.855. The molecule has 3 heteroatoms. The number of hydrogen-bond donors (Lipinski definition) is 1. The molecule has 0 aliphatic heterocycles. The van der Waals surface area contributed by atoms with E-state index in [0.717, 1.165) is 22.0 Å². The Morgan fingerprint density at radius 3 is 2.74 bits per heavy atom. The lowest BCUT2D eigenvalue weighted by Crippen LogP contribution is -2.46. The monoisotopic (exact) mass is 323 g/mol. The molecule has 19 heavy (non-hydrogen) atoms. The number of hydrogen-bond acceptors (Lipinski definition) is 1. The summed E-state index contributed by atoms with van der Waals surface area (Å²) in [6.07, 6.45) is 4.77. The van der Waals surface area contributed by atoms with Crippen LogP contribution in [0.5, 0.6) is 0 Å². The smallest absolute Gasteiger partial charge is 0.251 e. The van der Waals surface area contributed by atoms with Crippen molar-refractivity contribution in [3.8, 4) is 0 Å². The van der Waals surface area contributed by atoms with Crippen molar-refractivity contribution in [1.29, 1.82) is 0 Å². The predicted octanol–water partition coefficient (Wildman–Crippen LogP) is 4.46. The third kappa shape index (κ3) is 3.38. The molecule has 1 aromatic rings. The average Bonchev–Trinajstić information content (AvgIpc) is 2.35. The van der Waals surface area contributed by atoms with E-state index in [1.807, 2.05) is 25.1 Å². The topological polar surface area (TPSA) is 29.1 Å². The van der Waals surface area contributed by atoms with Crippen LogP contribution in [-0.4, -0.2) is 11.9 Å². The zero-order valence-corrected chi connectivity index (χ0v) is 13.5. The fraction of sp³-hybridized carbons (Fsp3) is 0.562. The normalized spacial score (nSPS) is 22.0. The van der Waals surface area contributed by atoms with Crippen molar-refractivity contribution in [3.63, 3.8) is 0 Å². The summed E-state index contributed by atoms with van der Waals surface area (Å²) in [5.74, 6) is 0.0515. The number of carbonyl (C=O) groups excluding carboxylic acids is 1. The number of aryl methyl sites for hydroxylation is 1. The van der Waals surface area contributed by atoms with Crippen LogP contribution in [-0.2, 0) is 0 Å². The third-order valence-corrected chi connectivity index (χ3v) is 5.12. The van der Waals surface area contributed by atoms with Crippen molar-refractivity contribution < 1.29 is 4.79 Å². The summed E-state index contributed by atoms with van der Waals surface area (Å²) >= 11 is 3.46. The van der Waals surface area contributed by atoms with Gasteiger partial charge in [-0.3, -0.25) is 4.79 Å². The van der Waals surface area contributed by atoms with Crippen molar-refractivity contribution in [2.45, 2.75) is 52.5 Å². The summed E-state index contributed by atoms with van der Waals surface area (Å²) in [7, 11) is 0. The summed E-state index contributed by atoms with van der Waals surface area (Å²) in [5.41, 5.74) is 2.05. The van der Waals surface area contributed by atoms with Gasteiger partial charge in [-0.15, -0.1) is 0 Å². The zero-order chi connectivity index (χ0) is 14.0. The Hall–Kier alpha value is -0.830. The van der Waals surface area contributed by atoms with Gasteiger partial charge < -0.3 is 5.32 Å². The predicted molar refractivity (Wildman–Crippen MR) is 82.4 cm³/mol. The molecule has 2 nitrogen and oxygen atoms in total. The molecule has 1 fully saturated rings. The Labute approximate surface area is 124 Å². The highest BCUT2D eigenvalue weighted by atomic mass is 79.9. The van der Waals surface area contributed by atoms with Gasteiger partial charge in [-0.1, -0.05) is 42.6 Å². The van der Waals surface area contributed by atoms with Crippen LogP contribution in [0.4, 0.5) is 0 Å². The van der Waals surface area contributed by atoms with E-state index in [9.17, 15) is 4.79 Å². The minimum atomic E-state index is 0.0515. The van der Waals surface area contributed by atoms with Gasteiger partial charge >= 0.3 is 0 Å². The summed E-state index contributed by atoms with van der Waals surface area (Å²) in [5, 5.41) is 3.22. The van der Waals surface area contributed by atoms with Gasteiger partial charge in [-0.25, -0.2) is 0 Å². The summed E-state index contributed by atoms with van der Waals surface area (Å²) in [4.78, 5) is 12.3. The maximum Gasteiger partial charge on any atom is 0.251 e. The van der Waals surface area contributed by atoms with Crippen LogP contribution in [0, 0.1) is 12.3 Å². The highest BCUT2D eigenvalue weighted by molar-refractivity contribution is 9.10. The molecular formula is C16H22BrNO. The molecule has 1 N–H and O–H groups in total. The van der Waals surface area contributed by atoms with Crippen molar-refractivity contribution in [1.82, 2.24) is 5.32 Å². The number of benzene rings is 1. The lowest BCUT2D eigenvalue weighted by molar-refractivity contribution is 0.0853. The Morgan fingerprint density at radius 2 is 2.11 bits per heavy atom. The molecule has 104 valence electrons. The number of rotatable bonds is 2. The molecule has 0 aromatic heterocycles. The molecule has 1 aromatic carbocycles. The Bertz CT molecular complexity index is 482. The Balaban J connectivity index is 2.10. The van der Waals surface area contributed by atoms with Gasteiger partial charge in [0.05, 0.1) is 0 Å². The molecule has 1 aliphatic carbocycles. The first-order valence-electron chi connectivity index (χ1n) is 6.97. The molecule has 1 unspecified atom stereocenters. The van der Waals surface area contributed by atoms with Crippen LogP contribution in [0.25, 0.3) is 0 Å². The van der Waals surface area contributed by atoms with Gasteiger partial charge in [0.15, 0.2) is 0 Å². The van der Waals surface area contributed by atoms with E-state index in [0.29, 0.717) is 0 Å². The lowest BCUT2D eigenvalue weighted by atomic mass is 9.73. The van der Waals surface area contributed by atoms with Gasteiger partial charge in [0.25, 0.3) is 5.91 Å². The van der Waals surface area contributed by atoms with E-state index in [1.54, 1.807) is 0 Å². The first kappa shape index (κ1) is 14.6. The number of nitrogens with one attached hydrogen (secondary N) is 1. The molecule has 1 saturated carbocycles. The van der Waals surface area contributed by atoms with Gasteiger partial charge in [-0.2, -0.15) is 0 Å². The van der Waals surface area contributed by atoms with E-state index in [-0.39, 0.29) is 17.4 Å². The minimum Gasteiger partial charge on any atom is -0.349 e. The maximum atomic E-state index is 12.3. The Morgan fingerprint density at radius 1 is 1.37 bits per heavy atom. The Kier molecular flexibility index (Phi) is 4.34. The molecule has 2 rings (SSSR count). The second-order valence-corrected chi connectivity index (χ2v) is 7.08. The summed E-state index contributed by atoms with van der Waals surface area (Å²) in [6.45, 7) is 6.51. The first-order chi connectivity index (χ1) is 8.90. The van der Waals surface area contributed by atoms with Crippen molar-refractivity contribution in [2.75, 3.05) is 0 Å². The van der Waals surface area contributed by atoms with Crippen LogP contribution < -0.4 is 5.32 Å². The van der Waals surface area contributed by atoms with Crippen molar-refractivity contribution >= 4 is 21.8 Å². The second-order valence-electron chi connectivity index (χ2n) is 6.22. The molecule has 1 aliphatic rings. The number of halogens is 1. The van der Waals surface area contributed by atoms with E-state index < -0.39 is 0 Å². The number of carbonyl (C=O) groups is 1. The van der Waals surface area contributed by atoms with E-state index >= 15 is 0 Å². The third-order valence-electron chi connectivity index (χ3n) is 4.23. The molecule has 0 saturated heterocycles. The average molecular weight is 324 g/mol. The van der Waals surface area contributed by atoms with E-state index in [4.69, 9.17) is 0 Å². The highest BCUT2D eigenvalue weighted by Crippen LogP contribution is 2.35. The van der Waals surface area contributed by atoms with Crippen molar-refractivity contribution in [2.24, 2.45) is 5.41 Å². The summed E-state index contributed by atoms with van der Waals surface area (Å²) < 4.78 is 1.04. The summed E-state index contributed by atoms with van der Waals surface area (Å²) in [6, 6.07) is 6.05. The maximum absolute atomic E-state index is 12.3. The molecule has 0 radical (unpaired) electrons. The standard InChI is InChI=1S/C16H22BrNO/c1-11-10-12(7-8-13(11)17)15(19)18-14-6-4-5-9-16(14,2)3/h7-8,10,14H,4-6,9H2,1-3H3,(H,18,19). The zero-order valence-electron chi connectivity index (χ0n) is 11.9. The van der Waals surface area contributed by atoms with Crippen LogP contribution in [0.2, 0.25) is 0 Å². The van der Waals surface area contributed by atoms with Gasteiger partial charge in [0.1, 0.15) is 0 Å². The largest absolute Gasteiger partial charge is 0.349 e. The van der Waals surface area contributed by atoms with Crippen LogP contribution in [0.3, 0.4) is 0 Å².